The third kappa shape index (κ3) is 12.5. The molecular formula is C37H33N9O4. The molecule has 5 aromatic heterocycles. The van der Waals surface area contributed by atoms with Crippen LogP contribution in [-0.2, 0) is 4.79 Å². The van der Waals surface area contributed by atoms with Crippen LogP contribution < -0.4 is 15.8 Å². The summed E-state index contributed by atoms with van der Waals surface area (Å²) in [4.78, 5) is 51.1. The Morgan fingerprint density at radius 3 is 1.54 bits per heavy atom. The first-order valence-corrected chi connectivity index (χ1v) is 15.0. The van der Waals surface area contributed by atoms with Gasteiger partial charge in [0.2, 0.25) is 5.88 Å². The monoisotopic (exact) mass is 667 g/mol. The highest BCUT2D eigenvalue weighted by Gasteiger charge is 2.04. The molecule has 2 aromatic carbocycles. The fourth-order valence-electron chi connectivity index (χ4n) is 3.85. The highest BCUT2D eigenvalue weighted by Crippen LogP contribution is 2.13. The molecule has 0 aliphatic heterocycles. The van der Waals surface area contributed by atoms with E-state index in [1.165, 1.54) is 0 Å². The van der Waals surface area contributed by atoms with Crippen LogP contribution in [0.4, 0.5) is 11.4 Å². The molecule has 5 heterocycles. The van der Waals surface area contributed by atoms with E-state index in [1.54, 1.807) is 98.2 Å². The number of aldehydes is 2. The predicted octanol–water partition coefficient (Wildman–Crippen LogP) is 5.53. The van der Waals surface area contributed by atoms with Crippen molar-refractivity contribution in [2.75, 3.05) is 17.7 Å². The Bertz CT molecular complexity index is 1910. The van der Waals surface area contributed by atoms with Crippen LogP contribution in [0.5, 0.6) is 5.88 Å². The molecule has 13 nitrogen and oxygen atoms in total. The third-order valence-corrected chi connectivity index (χ3v) is 6.26. The van der Waals surface area contributed by atoms with Gasteiger partial charge in [0, 0.05) is 72.2 Å². The number of benzene rings is 2. The Balaban J connectivity index is 0.000000168. The Kier molecular flexibility index (Phi) is 14.3. The number of nitrogen functional groups attached to an aromatic ring is 1. The maximum Gasteiger partial charge on any atom is 0.262 e. The Morgan fingerprint density at radius 1 is 0.640 bits per heavy atom. The minimum atomic E-state index is -0.235. The van der Waals surface area contributed by atoms with E-state index >= 15 is 0 Å². The molecule has 0 aliphatic carbocycles. The Labute approximate surface area is 288 Å². The molecule has 1 amide bonds. The second kappa shape index (κ2) is 20.1. The smallest absolute Gasteiger partial charge is 0.262 e. The highest BCUT2D eigenvalue weighted by atomic mass is 16.5. The van der Waals surface area contributed by atoms with Gasteiger partial charge in [-0.3, -0.25) is 24.4 Å². The van der Waals surface area contributed by atoms with Crippen molar-refractivity contribution in [1.82, 2.24) is 34.1 Å². The lowest BCUT2D eigenvalue weighted by atomic mass is 10.2. The van der Waals surface area contributed by atoms with Crippen molar-refractivity contribution in [3.63, 3.8) is 0 Å². The van der Waals surface area contributed by atoms with E-state index in [-0.39, 0.29) is 12.5 Å². The molecule has 0 radical (unpaired) electrons. The molecule has 50 heavy (non-hydrogen) atoms. The van der Waals surface area contributed by atoms with Crippen LogP contribution in [0.25, 0.3) is 11.4 Å². The van der Waals surface area contributed by atoms with E-state index in [1.807, 2.05) is 70.1 Å². The van der Waals surface area contributed by atoms with Gasteiger partial charge < -0.3 is 24.9 Å². The number of aromatic nitrogens is 7. The molecule has 7 rings (SSSR count). The van der Waals surface area contributed by atoms with Gasteiger partial charge in [-0.25, -0.2) is 15.0 Å². The number of pyridine rings is 3. The normalized spacial score (nSPS) is 9.60. The maximum absolute atomic E-state index is 11.8. The van der Waals surface area contributed by atoms with Crippen molar-refractivity contribution in [1.29, 1.82) is 0 Å². The topological polar surface area (TPSA) is 173 Å². The van der Waals surface area contributed by atoms with Crippen LogP contribution in [0, 0.1) is 0 Å². The van der Waals surface area contributed by atoms with E-state index < -0.39 is 0 Å². The van der Waals surface area contributed by atoms with Gasteiger partial charge in [-0.15, -0.1) is 0 Å². The van der Waals surface area contributed by atoms with Gasteiger partial charge in [-0.05, 0) is 78.9 Å². The molecule has 0 saturated heterocycles. The van der Waals surface area contributed by atoms with Crippen LogP contribution in [0.2, 0.25) is 0 Å². The SMILES string of the molecule is Nc1ccc(-n2ccnc2)cc1.O=C(COc1ccccn1)Nc1ccc(-n2ccnc2)cc1.O=Cc1ccccn1.O=Cc1ccccn1. The van der Waals surface area contributed by atoms with Crippen LogP contribution in [0.1, 0.15) is 21.0 Å². The number of hydrogen-bond acceptors (Lipinski definition) is 10. The average molecular weight is 668 g/mol. The summed E-state index contributed by atoms with van der Waals surface area (Å²) in [6.07, 6.45) is 16.9. The maximum atomic E-state index is 11.8. The summed E-state index contributed by atoms with van der Waals surface area (Å²) < 4.78 is 9.10. The zero-order valence-electron chi connectivity index (χ0n) is 26.7. The lowest BCUT2D eigenvalue weighted by molar-refractivity contribution is -0.118. The first-order valence-electron chi connectivity index (χ1n) is 15.0. The summed E-state index contributed by atoms with van der Waals surface area (Å²) in [5.74, 6) is 0.189. The van der Waals surface area contributed by atoms with Crippen LogP contribution in [-0.4, -0.2) is 59.1 Å². The van der Waals surface area contributed by atoms with Crippen molar-refractivity contribution >= 4 is 29.9 Å². The van der Waals surface area contributed by atoms with Crippen molar-refractivity contribution in [3.05, 3.63) is 171 Å². The Hall–Kier alpha value is -7.28. The first-order chi connectivity index (χ1) is 24.5. The first kappa shape index (κ1) is 35.6. The number of nitrogens with zero attached hydrogens (tertiary/aromatic N) is 7. The summed E-state index contributed by atoms with van der Waals surface area (Å²) in [5.41, 5.74) is 10.0. The number of amides is 1. The molecular weight excluding hydrogens is 634 g/mol. The van der Waals surface area contributed by atoms with Gasteiger partial charge in [-0.1, -0.05) is 18.2 Å². The largest absolute Gasteiger partial charge is 0.468 e. The van der Waals surface area contributed by atoms with Gasteiger partial charge in [-0.2, -0.15) is 0 Å². The minimum Gasteiger partial charge on any atom is -0.468 e. The van der Waals surface area contributed by atoms with E-state index in [9.17, 15) is 14.4 Å². The number of imidazole rings is 2. The van der Waals surface area contributed by atoms with Crippen molar-refractivity contribution < 1.29 is 19.1 Å². The van der Waals surface area contributed by atoms with E-state index in [0.717, 1.165) is 29.6 Å². The van der Waals surface area contributed by atoms with Crippen LogP contribution in [0.15, 0.2) is 159 Å². The molecule has 3 N–H and O–H groups in total. The lowest BCUT2D eigenvalue weighted by Crippen LogP contribution is -2.20. The number of hydrogen-bond donors (Lipinski definition) is 2. The van der Waals surface area contributed by atoms with Gasteiger partial charge in [0.05, 0.1) is 12.7 Å². The number of ether oxygens (including phenoxy) is 1. The molecule has 0 atom stereocenters. The zero-order valence-corrected chi connectivity index (χ0v) is 26.7. The molecule has 0 bridgehead atoms. The predicted molar refractivity (Wildman–Crippen MR) is 189 cm³/mol. The third-order valence-electron chi connectivity index (χ3n) is 6.26. The summed E-state index contributed by atoms with van der Waals surface area (Å²) >= 11 is 0. The number of carbonyl (C=O) groups is 3. The molecule has 0 unspecified atom stereocenters. The number of nitrogens with one attached hydrogen (secondary N) is 1. The van der Waals surface area contributed by atoms with Crippen molar-refractivity contribution in [2.24, 2.45) is 0 Å². The summed E-state index contributed by atoms with van der Waals surface area (Å²) in [5, 5.41) is 2.77. The number of anilines is 2. The standard InChI is InChI=1S/C16H14N4O2.C9H9N3.2C6H5NO/c21-15(11-22-16-3-1-2-8-18-16)19-13-4-6-14(7-5-13)20-10-9-17-12-20;10-8-1-3-9(4-2-8)12-6-5-11-7-12;2*8-5-6-3-1-2-4-7-6/h1-10,12H,11H2,(H,19,21);1-7H,10H2;2*1-5H. The Morgan fingerprint density at radius 2 is 1.14 bits per heavy atom. The van der Waals surface area contributed by atoms with Crippen molar-refractivity contribution in [3.8, 4) is 17.3 Å². The number of carbonyl (C=O) groups excluding carboxylic acids is 3. The lowest BCUT2D eigenvalue weighted by Gasteiger charge is -2.08. The van der Waals surface area contributed by atoms with Crippen LogP contribution >= 0.6 is 0 Å². The fourth-order valence-corrected chi connectivity index (χ4v) is 3.85. The van der Waals surface area contributed by atoms with Crippen molar-refractivity contribution in [2.45, 2.75) is 0 Å². The minimum absolute atomic E-state index is 0.0831. The van der Waals surface area contributed by atoms with Crippen LogP contribution in [0.3, 0.4) is 0 Å². The molecule has 250 valence electrons. The van der Waals surface area contributed by atoms with Gasteiger partial charge in [0.25, 0.3) is 5.91 Å². The summed E-state index contributed by atoms with van der Waals surface area (Å²) in [6, 6.07) is 30.8. The number of rotatable bonds is 8. The quantitative estimate of drug-likeness (QED) is 0.155. The van der Waals surface area contributed by atoms with Gasteiger partial charge >= 0.3 is 0 Å². The molecule has 13 heteroatoms. The van der Waals surface area contributed by atoms with E-state index in [2.05, 4.69) is 30.2 Å². The zero-order chi connectivity index (χ0) is 35.2. The van der Waals surface area contributed by atoms with Gasteiger partial charge in [0.1, 0.15) is 11.4 Å². The fraction of sp³-hybridized carbons (Fsp3) is 0.0270. The molecule has 7 aromatic rings. The van der Waals surface area contributed by atoms with E-state index in [4.69, 9.17) is 10.5 Å². The molecule has 0 saturated carbocycles. The second-order valence-electron chi connectivity index (χ2n) is 9.83. The number of nitrogens with two attached hydrogens (primary N) is 1. The van der Waals surface area contributed by atoms with Gasteiger partial charge in [0.15, 0.2) is 19.2 Å². The second-order valence-corrected chi connectivity index (χ2v) is 9.83. The summed E-state index contributed by atoms with van der Waals surface area (Å²) in [6.45, 7) is -0.0831. The average Bonchev–Trinajstić information content (AvgIpc) is 3.93. The molecule has 0 spiro atoms. The summed E-state index contributed by atoms with van der Waals surface area (Å²) in [7, 11) is 0. The highest BCUT2D eigenvalue weighted by molar-refractivity contribution is 5.91. The molecule has 0 fully saturated rings. The molecule has 0 aliphatic rings. The van der Waals surface area contributed by atoms with E-state index in [0.29, 0.717) is 23.0 Å².